The number of carbonyl (C=O) groups excluding carboxylic acids is 1. The summed E-state index contributed by atoms with van der Waals surface area (Å²) in [5.74, 6) is -0.165. The minimum absolute atomic E-state index is 0.131. The summed E-state index contributed by atoms with van der Waals surface area (Å²) in [7, 11) is 0. The molecule has 1 aromatic rings. The molecule has 0 spiro atoms. The van der Waals surface area contributed by atoms with Gasteiger partial charge in [-0.2, -0.15) is 18.3 Å². The van der Waals surface area contributed by atoms with Crippen LogP contribution in [0.4, 0.5) is 13.2 Å². The van der Waals surface area contributed by atoms with Gasteiger partial charge >= 0.3 is 6.18 Å². The van der Waals surface area contributed by atoms with Crippen LogP contribution in [0.2, 0.25) is 0 Å². The Bertz CT molecular complexity index is 524. The Morgan fingerprint density at radius 1 is 1.43 bits per heavy atom. The number of piperidine rings is 1. The number of alkyl halides is 3. The lowest BCUT2D eigenvalue weighted by Crippen LogP contribution is -2.45. The predicted molar refractivity (Wildman–Crippen MR) is 71.7 cm³/mol. The van der Waals surface area contributed by atoms with E-state index in [4.69, 9.17) is 0 Å². The number of amides is 1. The summed E-state index contributed by atoms with van der Waals surface area (Å²) < 4.78 is 39.2. The third-order valence-corrected chi connectivity index (χ3v) is 4.02. The van der Waals surface area contributed by atoms with Crippen molar-refractivity contribution in [2.24, 2.45) is 0 Å². The Labute approximate surface area is 121 Å². The van der Waals surface area contributed by atoms with Gasteiger partial charge in [0.2, 0.25) is 5.91 Å². The van der Waals surface area contributed by atoms with E-state index in [2.05, 4.69) is 5.10 Å². The second-order valence-electron chi connectivity index (χ2n) is 5.67. The maximum Gasteiger partial charge on any atom is 0.435 e. The van der Waals surface area contributed by atoms with E-state index in [0.717, 1.165) is 25.3 Å². The predicted octanol–water partition coefficient (Wildman–Crippen LogP) is 3.17. The third-order valence-electron chi connectivity index (χ3n) is 4.02. The van der Waals surface area contributed by atoms with Crippen LogP contribution < -0.4 is 0 Å². The van der Waals surface area contributed by atoms with E-state index in [1.165, 1.54) is 11.6 Å². The van der Waals surface area contributed by atoms with Gasteiger partial charge in [-0.25, -0.2) is 0 Å². The molecular formula is C14H20F3N3O. The number of aryl methyl sites for hydroxylation is 1. The summed E-state index contributed by atoms with van der Waals surface area (Å²) in [6, 6.07) is 0.386. The fourth-order valence-corrected chi connectivity index (χ4v) is 2.79. The van der Waals surface area contributed by atoms with Crippen molar-refractivity contribution in [3.63, 3.8) is 0 Å². The Kier molecular flexibility index (Phi) is 4.30. The second kappa shape index (κ2) is 5.69. The molecule has 1 fully saturated rings. The fraction of sp³-hybridized carbons (Fsp3) is 0.714. The van der Waals surface area contributed by atoms with Crippen LogP contribution in [0.15, 0.2) is 6.07 Å². The summed E-state index contributed by atoms with van der Waals surface area (Å²) in [6.07, 6.45) is -1.53. The van der Waals surface area contributed by atoms with Crippen LogP contribution in [0.5, 0.6) is 0 Å². The van der Waals surface area contributed by atoms with Crippen molar-refractivity contribution in [3.8, 4) is 0 Å². The minimum atomic E-state index is -4.49. The largest absolute Gasteiger partial charge is 0.435 e. The Balaban J connectivity index is 2.21. The lowest BCUT2D eigenvalue weighted by Gasteiger charge is -2.35. The Morgan fingerprint density at radius 2 is 2.10 bits per heavy atom. The van der Waals surface area contributed by atoms with Crippen LogP contribution >= 0.6 is 0 Å². The second-order valence-corrected chi connectivity index (χ2v) is 5.67. The average molecular weight is 303 g/mol. The van der Waals surface area contributed by atoms with Gasteiger partial charge in [0.05, 0.1) is 0 Å². The Morgan fingerprint density at radius 3 is 2.62 bits per heavy atom. The maximum atomic E-state index is 12.7. The minimum Gasteiger partial charge on any atom is -0.338 e. The molecule has 1 saturated heterocycles. The van der Waals surface area contributed by atoms with Crippen molar-refractivity contribution in [3.05, 3.63) is 17.5 Å². The van der Waals surface area contributed by atoms with Gasteiger partial charge in [-0.15, -0.1) is 0 Å². The van der Waals surface area contributed by atoms with E-state index >= 15 is 0 Å². The van der Waals surface area contributed by atoms with E-state index in [1.807, 2.05) is 6.92 Å². The number of hydrogen-bond acceptors (Lipinski definition) is 2. The van der Waals surface area contributed by atoms with Crippen LogP contribution in [0.1, 0.15) is 50.5 Å². The molecule has 1 amide bonds. The number of aromatic nitrogens is 2. The van der Waals surface area contributed by atoms with Crippen molar-refractivity contribution >= 4 is 5.91 Å². The van der Waals surface area contributed by atoms with E-state index in [0.29, 0.717) is 12.2 Å². The molecule has 0 unspecified atom stereocenters. The van der Waals surface area contributed by atoms with Gasteiger partial charge in [-0.3, -0.25) is 9.48 Å². The lowest BCUT2D eigenvalue weighted by atomic mass is 10.0. The van der Waals surface area contributed by atoms with Gasteiger partial charge in [-0.1, -0.05) is 0 Å². The molecular weight excluding hydrogens is 283 g/mol. The molecule has 4 nitrogen and oxygen atoms in total. The quantitative estimate of drug-likeness (QED) is 0.841. The van der Waals surface area contributed by atoms with Crippen LogP contribution in [0, 0.1) is 6.92 Å². The number of hydrogen-bond donors (Lipinski definition) is 0. The van der Waals surface area contributed by atoms with Crippen LogP contribution in [-0.4, -0.2) is 33.2 Å². The SMILES string of the molecule is Cc1cc(C(F)(F)F)nn1[C@@H](C)C(=O)N1CCCC[C@@H]1C. The summed E-state index contributed by atoms with van der Waals surface area (Å²) in [5.41, 5.74) is -0.612. The fourth-order valence-electron chi connectivity index (χ4n) is 2.79. The first-order valence-electron chi connectivity index (χ1n) is 7.15. The van der Waals surface area contributed by atoms with E-state index < -0.39 is 17.9 Å². The monoisotopic (exact) mass is 303 g/mol. The van der Waals surface area contributed by atoms with E-state index in [9.17, 15) is 18.0 Å². The molecule has 0 aliphatic carbocycles. The molecule has 1 aliphatic rings. The zero-order valence-electron chi connectivity index (χ0n) is 12.4. The van der Waals surface area contributed by atoms with Gasteiger partial charge in [0.15, 0.2) is 5.69 Å². The normalized spacial score (nSPS) is 21.4. The summed E-state index contributed by atoms with van der Waals surface area (Å²) in [5, 5.41) is 3.57. The van der Waals surface area contributed by atoms with Crippen LogP contribution in [-0.2, 0) is 11.0 Å². The number of halogens is 3. The highest BCUT2D eigenvalue weighted by atomic mass is 19.4. The molecule has 1 aliphatic heterocycles. The summed E-state index contributed by atoms with van der Waals surface area (Å²) >= 11 is 0. The van der Waals surface area contributed by atoms with Crippen LogP contribution in [0.3, 0.4) is 0 Å². The number of likely N-dealkylation sites (tertiary alicyclic amines) is 1. The third kappa shape index (κ3) is 3.22. The molecule has 0 aromatic carbocycles. The molecule has 21 heavy (non-hydrogen) atoms. The molecule has 2 heterocycles. The van der Waals surface area contributed by atoms with Gasteiger partial charge in [-0.05, 0) is 46.1 Å². The van der Waals surface area contributed by atoms with Gasteiger partial charge in [0.1, 0.15) is 6.04 Å². The molecule has 0 radical (unpaired) electrons. The lowest BCUT2D eigenvalue weighted by molar-refractivity contribution is -0.143. The first-order valence-corrected chi connectivity index (χ1v) is 7.15. The molecule has 0 bridgehead atoms. The molecule has 0 N–H and O–H groups in total. The standard InChI is InChI=1S/C14H20F3N3O/c1-9-6-4-5-7-19(9)13(21)11(3)20-10(2)8-12(18-20)14(15,16)17/h8-9,11H,4-7H2,1-3H3/t9-,11-/m0/s1. The van der Waals surface area contributed by atoms with E-state index in [-0.39, 0.29) is 11.9 Å². The first kappa shape index (κ1) is 15.9. The summed E-state index contributed by atoms with van der Waals surface area (Å²) in [4.78, 5) is 14.3. The smallest absolute Gasteiger partial charge is 0.338 e. The van der Waals surface area contributed by atoms with Crippen molar-refractivity contribution in [2.45, 2.75) is 58.3 Å². The zero-order valence-corrected chi connectivity index (χ0v) is 12.4. The van der Waals surface area contributed by atoms with Crippen molar-refractivity contribution in [2.75, 3.05) is 6.54 Å². The summed E-state index contributed by atoms with van der Waals surface area (Å²) in [6.45, 7) is 5.77. The van der Waals surface area contributed by atoms with Gasteiger partial charge in [0.25, 0.3) is 0 Å². The molecule has 1 aromatic heterocycles. The van der Waals surface area contributed by atoms with Crippen molar-refractivity contribution in [1.29, 1.82) is 0 Å². The highest BCUT2D eigenvalue weighted by Crippen LogP contribution is 2.30. The topological polar surface area (TPSA) is 38.1 Å². The maximum absolute atomic E-state index is 12.7. The average Bonchev–Trinajstić information content (AvgIpc) is 2.80. The number of nitrogens with zero attached hydrogens (tertiary/aromatic N) is 3. The highest BCUT2D eigenvalue weighted by Gasteiger charge is 2.36. The zero-order chi connectivity index (χ0) is 15.8. The molecule has 7 heteroatoms. The van der Waals surface area contributed by atoms with Gasteiger partial charge < -0.3 is 4.90 Å². The Hall–Kier alpha value is -1.53. The van der Waals surface area contributed by atoms with Gasteiger partial charge in [0, 0.05) is 18.3 Å². The number of carbonyl (C=O) groups is 1. The van der Waals surface area contributed by atoms with Crippen molar-refractivity contribution in [1.82, 2.24) is 14.7 Å². The van der Waals surface area contributed by atoms with Crippen molar-refractivity contribution < 1.29 is 18.0 Å². The molecule has 2 rings (SSSR count). The molecule has 118 valence electrons. The van der Waals surface area contributed by atoms with E-state index in [1.54, 1.807) is 11.8 Å². The molecule has 2 atom stereocenters. The number of rotatable bonds is 2. The molecule has 0 saturated carbocycles. The first-order chi connectivity index (χ1) is 9.71. The highest BCUT2D eigenvalue weighted by molar-refractivity contribution is 5.80. The van der Waals surface area contributed by atoms with Crippen LogP contribution in [0.25, 0.3) is 0 Å².